The molecule has 1 aliphatic rings. The summed E-state index contributed by atoms with van der Waals surface area (Å²) in [4.78, 5) is 0. The van der Waals surface area contributed by atoms with Gasteiger partial charge in [0.2, 0.25) is 0 Å². The number of nitrogens with one attached hydrogen (secondary N) is 1. The van der Waals surface area contributed by atoms with Gasteiger partial charge in [-0.25, -0.2) is 0 Å². The molecule has 0 spiro atoms. The van der Waals surface area contributed by atoms with Crippen LogP contribution in [0.5, 0.6) is 5.75 Å². The molecule has 0 bridgehead atoms. The minimum Gasteiger partial charge on any atom is -0.496 e. The largest absolute Gasteiger partial charge is 0.496 e. The van der Waals surface area contributed by atoms with Crippen LogP contribution in [0.2, 0.25) is 5.02 Å². The first-order valence-corrected chi connectivity index (χ1v) is 7.78. The number of ether oxygens (including phenoxy) is 1. The molecule has 2 aromatic carbocycles. The summed E-state index contributed by atoms with van der Waals surface area (Å²) in [5, 5.41) is 4.32. The van der Waals surface area contributed by atoms with E-state index in [1.54, 1.807) is 7.11 Å². The maximum absolute atomic E-state index is 6.49. The van der Waals surface area contributed by atoms with Crippen molar-refractivity contribution in [3.8, 4) is 5.75 Å². The lowest BCUT2D eigenvalue weighted by Gasteiger charge is -2.18. The Morgan fingerprint density at radius 2 is 2.05 bits per heavy atom. The van der Waals surface area contributed by atoms with Crippen molar-refractivity contribution in [1.82, 2.24) is 5.32 Å². The van der Waals surface area contributed by atoms with E-state index >= 15 is 0 Å². The van der Waals surface area contributed by atoms with E-state index in [0.717, 1.165) is 17.7 Å². The molecule has 4 heteroatoms. The molecule has 2 unspecified atom stereocenters. The van der Waals surface area contributed by atoms with E-state index in [0.29, 0.717) is 11.6 Å². The number of alkyl halides is 1. The predicted octanol–water partition coefficient (Wildman–Crippen LogP) is 4.34. The predicted molar refractivity (Wildman–Crippen MR) is 87.4 cm³/mol. The average molecular weight is 322 g/mol. The second-order valence-electron chi connectivity index (χ2n) is 5.23. The first-order chi connectivity index (χ1) is 10.2. The molecule has 3 rings (SSSR count). The molecule has 2 aromatic rings. The van der Waals surface area contributed by atoms with E-state index in [-0.39, 0.29) is 11.4 Å². The average Bonchev–Trinajstić information content (AvgIpc) is 2.81. The van der Waals surface area contributed by atoms with Crippen LogP contribution in [0.25, 0.3) is 0 Å². The number of benzene rings is 2. The van der Waals surface area contributed by atoms with Gasteiger partial charge in [-0.2, -0.15) is 0 Å². The Balaban J connectivity index is 1.78. The van der Waals surface area contributed by atoms with Crippen LogP contribution in [0, 0.1) is 0 Å². The first kappa shape index (κ1) is 14.7. The number of fused-ring (bicyclic) bond motifs is 1. The van der Waals surface area contributed by atoms with Crippen molar-refractivity contribution in [3.63, 3.8) is 0 Å². The number of halogens is 2. The maximum atomic E-state index is 6.49. The summed E-state index contributed by atoms with van der Waals surface area (Å²) in [5.41, 5.74) is 3.66. The van der Waals surface area contributed by atoms with E-state index < -0.39 is 0 Å². The van der Waals surface area contributed by atoms with Gasteiger partial charge in [-0.3, -0.25) is 0 Å². The van der Waals surface area contributed by atoms with E-state index in [9.17, 15) is 0 Å². The van der Waals surface area contributed by atoms with Crippen molar-refractivity contribution in [2.45, 2.75) is 24.4 Å². The Bertz CT molecular complexity index is 644. The molecule has 0 radical (unpaired) electrons. The van der Waals surface area contributed by atoms with Crippen LogP contribution in [0.3, 0.4) is 0 Å². The lowest BCUT2D eigenvalue weighted by atomic mass is 10.1. The van der Waals surface area contributed by atoms with Gasteiger partial charge in [0.25, 0.3) is 0 Å². The molecule has 2 atom stereocenters. The zero-order chi connectivity index (χ0) is 14.8. The Labute approximate surface area is 135 Å². The molecule has 0 fully saturated rings. The van der Waals surface area contributed by atoms with Gasteiger partial charge in [0.15, 0.2) is 0 Å². The van der Waals surface area contributed by atoms with Crippen molar-refractivity contribution in [2.75, 3.05) is 7.11 Å². The van der Waals surface area contributed by atoms with E-state index in [1.807, 2.05) is 18.2 Å². The molecule has 2 nitrogen and oxygen atoms in total. The summed E-state index contributed by atoms with van der Waals surface area (Å²) in [5.74, 6) is 0.837. The third kappa shape index (κ3) is 3.03. The number of rotatable bonds is 4. The topological polar surface area (TPSA) is 21.3 Å². The van der Waals surface area contributed by atoms with Gasteiger partial charge in [-0.1, -0.05) is 35.9 Å². The Morgan fingerprint density at radius 1 is 1.24 bits per heavy atom. The van der Waals surface area contributed by atoms with Gasteiger partial charge in [0.1, 0.15) is 5.75 Å². The van der Waals surface area contributed by atoms with Gasteiger partial charge < -0.3 is 10.1 Å². The Morgan fingerprint density at radius 3 is 2.86 bits per heavy atom. The van der Waals surface area contributed by atoms with Crippen LogP contribution in [-0.4, -0.2) is 12.5 Å². The lowest BCUT2D eigenvalue weighted by Crippen LogP contribution is -2.25. The summed E-state index contributed by atoms with van der Waals surface area (Å²) >= 11 is 12.6. The molecule has 0 saturated carbocycles. The fraction of sp³-hybridized carbons (Fsp3) is 0.294. The van der Waals surface area contributed by atoms with Crippen LogP contribution in [0.15, 0.2) is 42.5 Å². The number of methoxy groups -OCH3 is 1. The molecule has 0 aliphatic heterocycles. The van der Waals surface area contributed by atoms with Crippen LogP contribution in [-0.2, 0) is 13.0 Å². The molecule has 21 heavy (non-hydrogen) atoms. The minimum atomic E-state index is 0.0765. The first-order valence-electron chi connectivity index (χ1n) is 6.96. The second kappa shape index (κ2) is 6.27. The fourth-order valence-corrected chi connectivity index (χ4v) is 3.48. The van der Waals surface area contributed by atoms with Gasteiger partial charge in [0, 0.05) is 23.2 Å². The highest BCUT2D eigenvalue weighted by Crippen LogP contribution is 2.35. The molecular weight excluding hydrogens is 305 g/mol. The van der Waals surface area contributed by atoms with Gasteiger partial charge in [-0.05, 0) is 35.7 Å². The third-order valence-corrected chi connectivity index (χ3v) is 4.56. The fourth-order valence-electron chi connectivity index (χ4n) is 2.89. The SMILES string of the molecule is COc1ccc(Cl)cc1CNC1c2ccccc2CC1Cl. The Hall–Kier alpha value is -1.22. The van der Waals surface area contributed by atoms with Crippen LogP contribution < -0.4 is 10.1 Å². The van der Waals surface area contributed by atoms with Crippen LogP contribution >= 0.6 is 23.2 Å². The van der Waals surface area contributed by atoms with Crippen molar-refractivity contribution in [1.29, 1.82) is 0 Å². The number of hydrogen-bond acceptors (Lipinski definition) is 2. The monoisotopic (exact) mass is 321 g/mol. The second-order valence-corrected chi connectivity index (χ2v) is 6.23. The molecule has 0 aromatic heterocycles. The summed E-state index contributed by atoms with van der Waals surface area (Å²) in [6.07, 6.45) is 0.905. The zero-order valence-corrected chi connectivity index (χ0v) is 13.3. The summed E-state index contributed by atoms with van der Waals surface area (Å²) in [6.45, 7) is 0.673. The normalized spacial score (nSPS) is 20.3. The highest BCUT2D eigenvalue weighted by atomic mass is 35.5. The minimum absolute atomic E-state index is 0.0765. The van der Waals surface area contributed by atoms with E-state index in [4.69, 9.17) is 27.9 Å². The van der Waals surface area contributed by atoms with Crippen molar-refractivity contribution < 1.29 is 4.74 Å². The summed E-state index contributed by atoms with van der Waals surface area (Å²) < 4.78 is 5.38. The molecule has 1 N–H and O–H groups in total. The van der Waals surface area contributed by atoms with Crippen LogP contribution in [0.1, 0.15) is 22.7 Å². The quantitative estimate of drug-likeness (QED) is 0.845. The zero-order valence-electron chi connectivity index (χ0n) is 11.8. The van der Waals surface area contributed by atoms with E-state index in [2.05, 4.69) is 29.6 Å². The van der Waals surface area contributed by atoms with Gasteiger partial charge in [-0.15, -0.1) is 11.6 Å². The van der Waals surface area contributed by atoms with Crippen LogP contribution in [0.4, 0.5) is 0 Å². The molecule has 0 heterocycles. The summed E-state index contributed by atoms with van der Waals surface area (Å²) in [7, 11) is 1.67. The highest BCUT2D eigenvalue weighted by molar-refractivity contribution is 6.30. The molecule has 1 aliphatic carbocycles. The van der Waals surface area contributed by atoms with Crippen molar-refractivity contribution >= 4 is 23.2 Å². The maximum Gasteiger partial charge on any atom is 0.123 e. The standard InChI is InChI=1S/C17H17Cl2NO/c1-21-16-7-6-13(18)8-12(16)10-20-17-14-5-3-2-4-11(14)9-15(17)19/h2-8,15,17,20H,9-10H2,1H3. The third-order valence-electron chi connectivity index (χ3n) is 3.92. The van der Waals surface area contributed by atoms with Crippen molar-refractivity contribution in [3.05, 3.63) is 64.2 Å². The highest BCUT2D eigenvalue weighted by Gasteiger charge is 2.30. The Kier molecular flexibility index (Phi) is 4.39. The lowest BCUT2D eigenvalue weighted by molar-refractivity contribution is 0.405. The van der Waals surface area contributed by atoms with Gasteiger partial charge >= 0.3 is 0 Å². The molecule has 110 valence electrons. The van der Waals surface area contributed by atoms with E-state index in [1.165, 1.54) is 11.1 Å². The molecule has 0 saturated heterocycles. The molecule has 0 amide bonds. The van der Waals surface area contributed by atoms with Crippen molar-refractivity contribution in [2.24, 2.45) is 0 Å². The van der Waals surface area contributed by atoms with Gasteiger partial charge in [0.05, 0.1) is 12.5 Å². The smallest absolute Gasteiger partial charge is 0.123 e. The number of hydrogen-bond donors (Lipinski definition) is 1. The summed E-state index contributed by atoms with van der Waals surface area (Å²) in [6, 6.07) is 14.2. The molecular formula is C17H17Cl2NO.